The lowest BCUT2D eigenvalue weighted by Gasteiger charge is -2.38. The van der Waals surface area contributed by atoms with E-state index in [4.69, 9.17) is 4.74 Å². The van der Waals surface area contributed by atoms with Crippen molar-refractivity contribution in [2.24, 2.45) is 0 Å². The van der Waals surface area contributed by atoms with E-state index in [2.05, 4.69) is 170 Å². The molecule has 0 aliphatic heterocycles. The zero-order chi connectivity index (χ0) is 89.9. The number of ether oxygens (including phenoxy) is 1. The monoisotopic (exact) mass is 1640 g/mol. The van der Waals surface area contributed by atoms with Gasteiger partial charge in [0.25, 0.3) is 0 Å². The molecular formula is C101H111F15O2. The quantitative estimate of drug-likeness (QED) is 0.117. The highest BCUT2D eigenvalue weighted by Gasteiger charge is 2.72. The predicted octanol–water partition coefficient (Wildman–Crippen LogP) is 31.6. The number of ketones is 1. The maximum absolute atomic E-state index is 14.0. The van der Waals surface area contributed by atoms with Gasteiger partial charge in [-0.15, -0.1) is 0 Å². The third-order valence-electron chi connectivity index (χ3n) is 22.8. The number of halogens is 15. The molecule has 0 N–H and O–H groups in total. The first-order chi connectivity index (χ1) is 54.2. The van der Waals surface area contributed by atoms with Gasteiger partial charge in [-0.2, -0.15) is 65.9 Å². The summed E-state index contributed by atoms with van der Waals surface area (Å²) in [6.07, 6.45) is -24.6. The topological polar surface area (TPSA) is 26.3 Å². The first-order valence-corrected chi connectivity index (χ1v) is 38.6. The molecule has 0 fully saturated rings. The van der Waals surface area contributed by atoms with E-state index in [-0.39, 0.29) is 28.0 Å². The molecule has 0 saturated carbocycles. The molecule has 0 spiro atoms. The lowest BCUT2D eigenvalue weighted by atomic mass is 9.71. The van der Waals surface area contributed by atoms with Crippen molar-refractivity contribution >= 4 is 5.78 Å². The molecule has 11 aromatic carbocycles. The van der Waals surface area contributed by atoms with Gasteiger partial charge in [0, 0.05) is 11.1 Å². The molecule has 2 nitrogen and oxygen atoms in total. The van der Waals surface area contributed by atoms with Crippen LogP contribution in [0.15, 0.2) is 164 Å². The van der Waals surface area contributed by atoms with Crippen LogP contribution in [0.3, 0.4) is 0 Å². The number of aryl methyl sites for hydroxylation is 22. The predicted molar refractivity (Wildman–Crippen MR) is 454 cm³/mol. The number of hydrogen-bond donors (Lipinski definition) is 0. The van der Waals surface area contributed by atoms with Gasteiger partial charge < -0.3 is 4.74 Å². The molecule has 11 rings (SSSR count). The summed E-state index contributed by atoms with van der Waals surface area (Å²) in [5.41, 5.74) is 19.5. The summed E-state index contributed by atoms with van der Waals surface area (Å²) < 4.78 is 205. The summed E-state index contributed by atoms with van der Waals surface area (Å²) in [6, 6.07) is 50.0. The van der Waals surface area contributed by atoms with Gasteiger partial charge in [-0.25, -0.2) is 0 Å². The minimum atomic E-state index is -5.55. The van der Waals surface area contributed by atoms with Crippen molar-refractivity contribution in [1.29, 1.82) is 0 Å². The Morgan fingerprint density at radius 1 is 0.212 bits per heavy atom. The standard InChI is InChI=1S/C19H18F6.C17H18O.C16H18O.C16H18.C12H12F6.C11H13F3.C10H14/c1-11-5-7-15(9-13(11)3)17(18(20,21)22,19(23,24)25)16-8-6-12(2)14(4)10-16;1-11-5-7-15(9-13(11)3)17(18)16-8-6-12(2)14(4)10-16;1-11-5-7-15(9-13(11)3)17-16-8-6-12(2)14(4)10-16;1-11-5-7-15(9-13(11)3)16-8-6-12(2)14(4)10-16;1-5-6(2)10(12(16,17)18)8(4)7(3)9(5)11(13,14)15;1-6-5-7(2)9(4)10(8(6)3)11(12,13)14;1-7-5-9(3)10(4)6-8(7)2/h5-10H,1-4H3;5-10H,1-4H3;5-10H,1-4H3;5-10H,1-4H3;1-4H3;5H,1-4H3;5-6H,1-4H3. The van der Waals surface area contributed by atoms with E-state index >= 15 is 0 Å². The van der Waals surface area contributed by atoms with Crippen LogP contribution in [0.1, 0.15) is 200 Å². The normalized spacial score (nSPS) is 11.6. The van der Waals surface area contributed by atoms with Crippen LogP contribution in [0.25, 0.3) is 11.1 Å². The SMILES string of the molecule is Cc1c(C)c(C(F)(F)F)c(C)c(C)c1C(F)(F)F.Cc1cc(C)c(C)c(C(F)(F)F)c1C.Cc1cc(C)c(C)cc1C.Cc1ccc(-c2ccc(C)c(C)c2)cc1C.Cc1ccc(C(=O)c2ccc(C)c(C)c2)cc1C.Cc1ccc(C(c2ccc(C)c(C)c2)(C(F)(F)F)C(F)(F)F)cc1C.Cc1ccc(Oc2ccc(C)c(C)c2)cc1C. The number of carbonyl (C=O) groups excluding carboxylic acids is 1. The van der Waals surface area contributed by atoms with Crippen LogP contribution >= 0.6 is 0 Å². The van der Waals surface area contributed by atoms with Crippen molar-refractivity contribution in [3.63, 3.8) is 0 Å². The summed E-state index contributed by atoms with van der Waals surface area (Å²) in [6.45, 7) is 50.8. The fourth-order valence-corrected chi connectivity index (χ4v) is 13.3. The Labute approximate surface area is 689 Å². The average Bonchev–Trinajstić information content (AvgIpc) is 0.709. The Balaban J connectivity index is 0.000000248. The van der Waals surface area contributed by atoms with Gasteiger partial charge in [-0.3, -0.25) is 4.79 Å². The van der Waals surface area contributed by atoms with E-state index in [9.17, 15) is 70.7 Å². The molecule has 0 unspecified atom stereocenters. The van der Waals surface area contributed by atoms with Crippen LogP contribution in [0.5, 0.6) is 11.5 Å². The number of alkyl halides is 15. The summed E-state index contributed by atoms with van der Waals surface area (Å²) in [7, 11) is 0. The minimum absolute atomic E-state index is 0.0983. The van der Waals surface area contributed by atoms with Crippen molar-refractivity contribution < 1.29 is 75.4 Å². The second-order valence-corrected chi connectivity index (χ2v) is 31.4. The van der Waals surface area contributed by atoms with Crippen LogP contribution in [-0.4, -0.2) is 18.1 Å². The van der Waals surface area contributed by atoms with Crippen molar-refractivity contribution in [3.05, 3.63) is 359 Å². The van der Waals surface area contributed by atoms with E-state index in [0.29, 0.717) is 44.5 Å². The molecule has 0 radical (unpaired) electrons. The van der Waals surface area contributed by atoms with Gasteiger partial charge in [0.1, 0.15) is 11.5 Å². The molecule has 11 aromatic rings. The van der Waals surface area contributed by atoms with Crippen LogP contribution in [-0.2, 0) is 23.9 Å². The molecule has 0 bridgehead atoms. The van der Waals surface area contributed by atoms with E-state index in [1.54, 1.807) is 33.8 Å². The average molecular weight is 1640 g/mol. The van der Waals surface area contributed by atoms with Crippen LogP contribution in [0.2, 0.25) is 0 Å². The van der Waals surface area contributed by atoms with E-state index in [1.807, 2.05) is 62.4 Å². The molecule has 0 atom stereocenters. The van der Waals surface area contributed by atoms with Crippen molar-refractivity contribution in [2.75, 3.05) is 0 Å². The second-order valence-electron chi connectivity index (χ2n) is 31.4. The van der Waals surface area contributed by atoms with Gasteiger partial charge in [0.2, 0.25) is 5.41 Å². The van der Waals surface area contributed by atoms with E-state index in [0.717, 1.165) is 85.7 Å². The smallest absolute Gasteiger partial charge is 0.416 e. The number of rotatable bonds is 7. The Hall–Kier alpha value is -10.2. The Bertz CT molecular complexity index is 5030. The zero-order valence-electron chi connectivity index (χ0n) is 73.1. The van der Waals surface area contributed by atoms with E-state index < -0.39 is 64.1 Å². The van der Waals surface area contributed by atoms with Crippen LogP contribution in [0.4, 0.5) is 65.9 Å². The minimum Gasteiger partial charge on any atom is -0.457 e. The summed E-state index contributed by atoms with van der Waals surface area (Å²) in [4.78, 5) is 12.4. The lowest BCUT2D eigenvalue weighted by Crippen LogP contribution is -2.54. The van der Waals surface area contributed by atoms with Gasteiger partial charge in [0.05, 0.1) is 16.7 Å². The highest BCUT2D eigenvalue weighted by atomic mass is 19.4. The lowest BCUT2D eigenvalue weighted by molar-refractivity contribution is -0.288. The van der Waals surface area contributed by atoms with E-state index in [1.165, 1.54) is 129 Å². The summed E-state index contributed by atoms with van der Waals surface area (Å²) in [5.74, 6) is 1.90. The molecule has 0 aromatic heterocycles. The molecule has 0 saturated heterocycles. The summed E-state index contributed by atoms with van der Waals surface area (Å²) in [5, 5.41) is 0. The Kier molecular flexibility index (Phi) is 33.0. The molecule has 0 aliphatic carbocycles. The maximum atomic E-state index is 14.0. The molecule has 118 heavy (non-hydrogen) atoms. The van der Waals surface area contributed by atoms with Crippen LogP contribution in [0, 0.1) is 194 Å². The van der Waals surface area contributed by atoms with Gasteiger partial charge in [0.15, 0.2) is 5.78 Å². The molecule has 632 valence electrons. The third-order valence-corrected chi connectivity index (χ3v) is 22.8. The molecule has 17 heteroatoms. The highest BCUT2D eigenvalue weighted by Crippen LogP contribution is 2.57. The number of hydrogen-bond acceptors (Lipinski definition) is 2. The highest BCUT2D eigenvalue weighted by molar-refractivity contribution is 6.09. The first kappa shape index (κ1) is 98.4. The van der Waals surface area contributed by atoms with Crippen molar-refractivity contribution in [2.45, 2.75) is 230 Å². The Morgan fingerprint density at radius 2 is 0.424 bits per heavy atom. The zero-order valence-corrected chi connectivity index (χ0v) is 73.1. The molecular weight excluding hydrogens is 1530 g/mol. The maximum Gasteiger partial charge on any atom is 0.416 e. The first-order valence-electron chi connectivity index (χ1n) is 38.6. The van der Waals surface area contributed by atoms with Gasteiger partial charge in [-0.1, -0.05) is 127 Å². The molecule has 0 heterocycles. The number of carbonyl (C=O) groups is 1. The van der Waals surface area contributed by atoms with Gasteiger partial charge in [-0.05, 0) is 408 Å². The fourth-order valence-electron chi connectivity index (χ4n) is 13.3. The Morgan fingerprint density at radius 3 is 0.661 bits per heavy atom. The molecule has 0 amide bonds. The van der Waals surface area contributed by atoms with Crippen LogP contribution < -0.4 is 4.74 Å². The molecule has 0 aliphatic rings. The second kappa shape index (κ2) is 39.6. The third kappa shape index (κ3) is 24.5. The number of benzene rings is 11. The van der Waals surface area contributed by atoms with Crippen molar-refractivity contribution in [3.8, 4) is 22.6 Å². The van der Waals surface area contributed by atoms with Gasteiger partial charge >= 0.3 is 30.9 Å². The largest absolute Gasteiger partial charge is 0.457 e. The summed E-state index contributed by atoms with van der Waals surface area (Å²) >= 11 is 0. The fraction of sp³-hybridized carbons (Fsp3) is 0.337. The van der Waals surface area contributed by atoms with Crippen molar-refractivity contribution in [1.82, 2.24) is 0 Å².